The molecule has 0 bridgehead atoms. The molecule has 2 aliphatic carbocycles. The van der Waals surface area contributed by atoms with E-state index < -0.39 is 79.7 Å². The highest BCUT2D eigenvalue weighted by Crippen LogP contribution is 2.48. The van der Waals surface area contributed by atoms with Crippen LogP contribution in [0.5, 0.6) is 11.5 Å². The molecule has 4 aromatic rings. The molecule has 3 amide bonds. The summed E-state index contributed by atoms with van der Waals surface area (Å²) in [6, 6.07) is 15.9. The number of alkyl halides is 3. The number of anilines is 1. The van der Waals surface area contributed by atoms with Crippen molar-refractivity contribution in [2.45, 2.75) is 99.4 Å². The molecule has 1 saturated heterocycles. The number of nitrogens with zero attached hydrogens (tertiary/aromatic N) is 2. The number of nitrogens with one attached hydrogen (secondary N) is 3. The predicted octanol–water partition coefficient (Wildman–Crippen LogP) is 7.29. The second-order valence-corrected chi connectivity index (χ2v) is 19.1. The number of ether oxygens (including phenoxy) is 2. The summed E-state index contributed by atoms with van der Waals surface area (Å²) in [4.78, 5) is 49.6. The molecular formula is C45H47F4N5O7S. The maximum atomic E-state index is 14.8. The first-order valence-corrected chi connectivity index (χ1v) is 22.2. The smallest absolute Gasteiger partial charge is 0.416 e. The summed E-state index contributed by atoms with van der Waals surface area (Å²) in [5, 5.41) is 6.31. The molecule has 3 fully saturated rings. The first-order chi connectivity index (χ1) is 29.5. The molecule has 2 saturated carbocycles. The molecule has 328 valence electrons. The molecule has 3 N–H and O–H groups in total. The maximum Gasteiger partial charge on any atom is 0.416 e. The van der Waals surface area contributed by atoms with Crippen molar-refractivity contribution in [1.29, 1.82) is 0 Å². The number of sulfonamides is 1. The Kier molecular flexibility index (Phi) is 11.5. The normalized spacial score (nSPS) is 25.6. The number of carbonyl (C=O) groups is 3. The molecule has 8 rings (SSSR count). The number of amides is 3. The van der Waals surface area contributed by atoms with E-state index in [0.717, 1.165) is 17.7 Å². The van der Waals surface area contributed by atoms with Gasteiger partial charge in [0.05, 0.1) is 35.2 Å². The molecular weight excluding hydrogens is 831 g/mol. The van der Waals surface area contributed by atoms with E-state index >= 15 is 0 Å². The van der Waals surface area contributed by atoms with Crippen LogP contribution in [0.2, 0.25) is 0 Å². The van der Waals surface area contributed by atoms with Gasteiger partial charge in [-0.1, -0.05) is 55.3 Å². The van der Waals surface area contributed by atoms with E-state index in [1.165, 1.54) is 12.0 Å². The SMILES string of the molecule is COc1ccc2c(O[C@@H]3C[C@H]4C(=O)N[C@]5(C(=O)NS(=O)(=O)C6(C)CC6)C[C@@H]5/C=C\CCCCC[C@H](Nc5cc(F)cc(C(F)(F)F)c5)C(=O)N4C3)cc(-c3ccccc3)nc2c1. The highest BCUT2D eigenvalue weighted by atomic mass is 32.2. The van der Waals surface area contributed by atoms with Crippen LogP contribution in [0.1, 0.15) is 70.3 Å². The van der Waals surface area contributed by atoms with Crippen LogP contribution in [0.3, 0.4) is 0 Å². The highest BCUT2D eigenvalue weighted by Gasteiger charge is 2.63. The summed E-state index contributed by atoms with van der Waals surface area (Å²) in [6.45, 7) is 1.40. The van der Waals surface area contributed by atoms with Gasteiger partial charge in [-0.3, -0.25) is 19.1 Å². The average Bonchev–Trinajstić information content (AvgIpc) is 4.12. The van der Waals surface area contributed by atoms with E-state index in [9.17, 15) is 40.4 Å². The number of pyridine rings is 1. The van der Waals surface area contributed by atoms with Gasteiger partial charge >= 0.3 is 6.18 Å². The van der Waals surface area contributed by atoms with Crippen molar-refractivity contribution in [1.82, 2.24) is 19.9 Å². The molecule has 3 aromatic carbocycles. The van der Waals surface area contributed by atoms with Gasteiger partial charge in [0.2, 0.25) is 21.8 Å². The summed E-state index contributed by atoms with van der Waals surface area (Å²) in [5.74, 6) is -2.99. The zero-order chi connectivity index (χ0) is 44.0. The molecule has 12 nitrogen and oxygen atoms in total. The van der Waals surface area contributed by atoms with Gasteiger partial charge in [0, 0.05) is 41.1 Å². The van der Waals surface area contributed by atoms with Gasteiger partial charge in [-0.05, 0) is 75.8 Å². The topological polar surface area (TPSA) is 156 Å². The Hall–Kier alpha value is -5.71. The van der Waals surface area contributed by atoms with Gasteiger partial charge in [-0.2, -0.15) is 13.2 Å². The van der Waals surface area contributed by atoms with Crippen molar-refractivity contribution < 1.29 is 49.8 Å². The van der Waals surface area contributed by atoms with Crippen molar-refractivity contribution >= 4 is 44.3 Å². The number of carbonyl (C=O) groups excluding carboxylic acids is 3. The lowest BCUT2D eigenvalue weighted by atomic mass is 10.0. The van der Waals surface area contributed by atoms with Gasteiger partial charge in [0.15, 0.2) is 0 Å². The Morgan fingerprint density at radius 2 is 1.77 bits per heavy atom. The Morgan fingerprint density at radius 3 is 2.50 bits per heavy atom. The number of halogens is 4. The Balaban J connectivity index is 1.15. The fourth-order valence-corrected chi connectivity index (χ4v) is 9.63. The Morgan fingerprint density at radius 1 is 1.00 bits per heavy atom. The lowest BCUT2D eigenvalue weighted by molar-refractivity contribution is -0.140. The Labute approximate surface area is 356 Å². The molecule has 0 unspecified atom stereocenters. The first kappa shape index (κ1) is 43.0. The number of hydrogen-bond acceptors (Lipinski definition) is 9. The van der Waals surface area contributed by atoms with E-state index in [4.69, 9.17) is 14.5 Å². The van der Waals surface area contributed by atoms with Gasteiger partial charge in [0.1, 0.15) is 41.0 Å². The molecule has 17 heteroatoms. The molecule has 4 aliphatic rings. The number of fused-ring (bicyclic) bond motifs is 3. The summed E-state index contributed by atoms with van der Waals surface area (Å²) in [7, 11) is -2.54. The minimum atomic E-state index is -4.86. The third kappa shape index (κ3) is 8.81. The highest BCUT2D eigenvalue weighted by molar-refractivity contribution is 7.91. The second-order valence-electron chi connectivity index (χ2n) is 16.9. The molecule has 2 aliphatic heterocycles. The van der Waals surface area contributed by atoms with Crippen molar-refractivity contribution in [2.75, 3.05) is 19.0 Å². The van der Waals surface area contributed by atoms with Crippen LogP contribution in [-0.4, -0.2) is 78.2 Å². The Bertz CT molecular complexity index is 2530. The van der Waals surface area contributed by atoms with Crippen LogP contribution in [0.15, 0.2) is 84.9 Å². The fourth-order valence-electron chi connectivity index (χ4n) is 8.32. The number of aromatic nitrogens is 1. The van der Waals surface area contributed by atoms with Gasteiger partial charge < -0.3 is 25.0 Å². The molecule has 62 heavy (non-hydrogen) atoms. The van der Waals surface area contributed by atoms with Crippen molar-refractivity contribution in [3.8, 4) is 22.8 Å². The molecule has 0 radical (unpaired) electrons. The molecule has 5 atom stereocenters. The predicted molar refractivity (Wildman–Crippen MR) is 223 cm³/mol. The van der Waals surface area contributed by atoms with E-state index in [-0.39, 0.29) is 31.5 Å². The molecule has 0 spiro atoms. The van der Waals surface area contributed by atoms with E-state index in [0.29, 0.717) is 72.7 Å². The minimum absolute atomic E-state index is 0.0717. The quantitative estimate of drug-likeness (QED) is 0.116. The standard InChI is InChI=1S/C45H47F4N5O7S/c1-43(17-18-43)62(58,59)53-42(57)44-25-28(44)13-9-4-3-5-10-14-35(50-31-20-29(45(47,48)49)19-30(46)21-31)41(56)54-26-33(23-38(54)40(55)52-44)61-39-24-36(27-11-7-6-8-12-27)51-37-22-32(60-2)15-16-34(37)39/h6-9,11-13,15-16,19-22,24,28,33,35,38,50H,3-5,10,14,17-18,23,25-26H2,1-2H3,(H,52,55)(H,53,57)/b13-9-/t28-,33+,35-,38-,44+/m0/s1. The monoisotopic (exact) mass is 877 g/mol. The van der Waals surface area contributed by atoms with Gasteiger partial charge in [-0.25, -0.2) is 17.8 Å². The average molecular weight is 878 g/mol. The zero-order valence-corrected chi connectivity index (χ0v) is 35.0. The molecule has 3 heterocycles. The first-order valence-electron chi connectivity index (χ1n) is 20.7. The summed E-state index contributed by atoms with van der Waals surface area (Å²) in [6.07, 6.45) is 1.27. The lowest BCUT2D eigenvalue weighted by Gasteiger charge is -2.30. The lowest BCUT2D eigenvalue weighted by Crippen LogP contribution is -2.58. The van der Waals surface area contributed by atoms with Crippen LogP contribution in [0.25, 0.3) is 22.2 Å². The van der Waals surface area contributed by atoms with Crippen LogP contribution in [0.4, 0.5) is 23.2 Å². The third-order valence-corrected chi connectivity index (χ3v) is 14.5. The van der Waals surface area contributed by atoms with Crippen LogP contribution >= 0.6 is 0 Å². The van der Waals surface area contributed by atoms with Crippen molar-refractivity contribution in [3.63, 3.8) is 0 Å². The fraction of sp³-hybridized carbons (Fsp3) is 0.422. The second kappa shape index (κ2) is 16.5. The maximum absolute atomic E-state index is 14.8. The summed E-state index contributed by atoms with van der Waals surface area (Å²) < 4.78 is 95.7. The largest absolute Gasteiger partial charge is 0.497 e. The summed E-state index contributed by atoms with van der Waals surface area (Å²) in [5.41, 5.74) is -1.20. The third-order valence-electron chi connectivity index (χ3n) is 12.4. The molecule has 1 aromatic heterocycles. The van der Waals surface area contributed by atoms with Crippen molar-refractivity contribution in [3.05, 3.63) is 96.3 Å². The van der Waals surface area contributed by atoms with Gasteiger partial charge in [0.25, 0.3) is 5.91 Å². The number of rotatable bonds is 9. The number of hydrogen-bond donors (Lipinski definition) is 3. The van der Waals surface area contributed by atoms with Crippen LogP contribution in [-0.2, 0) is 30.6 Å². The minimum Gasteiger partial charge on any atom is -0.497 e. The number of benzene rings is 3. The van der Waals surface area contributed by atoms with Crippen molar-refractivity contribution in [2.24, 2.45) is 5.92 Å². The van der Waals surface area contributed by atoms with E-state index in [1.807, 2.05) is 36.4 Å². The zero-order valence-electron chi connectivity index (χ0n) is 34.1. The van der Waals surface area contributed by atoms with E-state index in [1.54, 1.807) is 37.3 Å². The van der Waals surface area contributed by atoms with Gasteiger partial charge in [-0.15, -0.1) is 0 Å². The van der Waals surface area contributed by atoms with E-state index in [2.05, 4.69) is 15.4 Å². The summed E-state index contributed by atoms with van der Waals surface area (Å²) >= 11 is 0. The van der Waals surface area contributed by atoms with Crippen LogP contribution in [0, 0.1) is 11.7 Å². The number of methoxy groups -OCH3 is 1. The van der Waals surface area contributed by atoms with Crippen LogP contribution < -0.4 is 24.8 Å². The number of allylic oxidation sites excluding steroid dienone is 1.